The molecule has 0 atom stereocenters. The first-order valence-corrected chi connectivity index (χ1v) is 7.32. The van der Waals surface area contributed by atoms with Crippen molar-refractivity contribution >= 4 is 40.5 Å². The average Bonchev–Trinajstić information content (AvgIpc) is 2.50. The summed E-state index contributed by atoms with van der Waals surface area (Å²) in [6.07, 6.45) is 2.59. The first-order valence-electron chi connectivity index (χ1n) is 6.57. The molecule has 0 aliphatic rings. The molecule has 4 nitrogen and oxygen atoms in total. The van der Waals surface area contributed by atoms with Crippen LogP contribution in [-0.2, 0) is 0 Å². The van der Waals surface area contributed by atoms with Gasteiger partial charge in [0.05, 0.1) is 15.7 Å². The molecule has 110 valence electrons. The van der Waals surface area contributed by atoms with Crippen molar-refractivity contribution in [2.75, 3.05) is 17.2 Å². The third-order valence-electron chi connectivity index (χ3n) is 2.77. The molecule has 0 fully saturated rings. The van der Waals surface area contributed by atoms with Gasteiger partial charge in [0.15, 0.2) is 0 Å². The Morgan fingerprint density at radius 1 is 1.29 bits per heavy atom. The maximum atomic E-state index is 12.2. The molecule has 1 aromatic heterocycles. The molecule has 6 heteroatoms. The van der Waals surface area contributed by atoms with E-state index in [-0.39, 0.29) is 5.91 Å². The van der Waals surface area contributed by atoms with Gasteiger partial charge in [-0.1, -0.05) is 36.2 Å². The molecule has 1 amide bonds. The highest BCUT2D eigenvalue weighted by Gasteiger charge is 2.11. The summed E-state index contributed by atoms with van der Waals surface area (Å²) in [5.74, 6) is -0.334. The Morgan fingerprint density at radius 2 is 2.10 bits per heavy atom. The molecule has 0 saturated heterocycles. The Bertz CT molecular complexity index is 647. The number of hydrogen-bond acceptors (Lipinski definition) is 3. The van der Waals surface area contributed by atoms with Crippen LogP contribution in [-0.4, -0.2) is 17.4 Å². The largest absolute Gasteiger partial charge is 0.385 e. The molecule has 2 aromatic rings. The summed E-state index contributed by atoms with van der Waals surface area (Å²) >= 11 is 12.0. The number of halogens is 2. The van der Waals surface area contributed by atoms with Gasteiger partial charge in [-0.05, 0) is 30.7 Å². The second-order valence-corrected chi connectivity index (χ2v) is 5.20. The minimum Gasteiger partial charge on any atom is -0.385 e. The zero-order chi connectivity index (χ0) is 15.2. The summed E-state index contributed by atoms with van der Waals surface area (Å²) in [5, 5.41) is 6.61. The highest BCUT2D eigenvalue weighted by molar-refractivity contribution is 6.44. The zero-order valence-electron chi connectivity index (χ0n) is 11.5. The van der Waals surface area contributed by atoms with Crippen LogP contribution < -0.4 is 10.6 Å². The molecule has 2 rings (SSSR count). The standard InChI is InChI=1S/C15H15Cl2N3O/c1-2-7-18-10-6-8-19-13(9-10)15(21)20-12-5-3-4-11(16)14(12)17/h3-6,8-9H,2,7H2,1H3,(H,18,19)(H,20,21). The third kappa shape index (κ3) is 4.09. The quantitative estimate of drug-likeness (QED) is 0.853. The molecule has 1 aromatic carbocycles. The predicted molar refractivity (Wildman–Crippen MR) is 87.4 cm³/mol. The van der Waals surface area contributed by atoms with Crippen molar-refractivity contribution in [1.29, 1.82) is 0 Å². The number of benzene rings is 1. The van der Waals surface area contributed by atoms with Crippen molar-refractivity contribution < 1.29 is 4.79 Å². The monoisotopic (exact) mass is 323 g/mol. The highest BCUT2D eigenvalue weighted by atomic mass is 35.5. The lowest BCUT2D eigenvalue weighted by molar-refractivity contribution is 0.102. The van der Waals surface area contributed by atoms with E-state index in [1.54, 1.807) is 30.5 Å². The number of amides is 1. The van der Waals surface area contributed by atoms with Crippen LogP contribution in [0.4, 0.5) is 11.4 Å². The second-order valence-electron chi connectivity index (χ2n) is 4.41. The van der Waals surface area contributed by atoms with E-state index < -0.39 is 0 Å². The van der Waals surface area contributed by atoms with E-state index in [2.05, 4.69) is 22.5 Å². The van der Waals surface area contributed by atoms with Crippen molar-refractivity contribution in [3.63, 3.8) is 0 Å². The minimum absolute atomic E-state index is 0.312. The number of pyridine rings is 1. The van der Waals surface area contributed by atoms with Gasteiger partial charge in [0.1, 0.15) is 5.69 Å². The molecule has 0 spiro atoms. The smallest absolute Gasteiger partial charge is 0.274 e. The molecule has 0 aliphatic carbocycles. The molecule has 0 unspecified atom stereocenters. The zero-order valence-corrected chi connectivity index (χ0v) is 13.0. The fraction of sp³-hybridized carbons (Fsp3) is 0.200. The van der Waals surface area contributed by atoms with E-state index in [4.69, 9.17) is 23.2 Å². The van der Waals surface area contributed by atoms with Crippen molar-refractivity contribution in [3.8, 4) is 0 Å². The molecule has 0 radical (unpaired) electrons. The molecule has 0 saturated carbocycles. The van der Waals surface area contributed by atoms with E-state index >= 15 is 0 Å². The van der Waals surface area contributed by atoms with Crippen molar-refractivity contribution in [2.45, 2.75) is 13.3 Å². The maximum Gasteiger partial charge on any atom is 0.274 e. The number of anilines is 2. The first kappa shape index (κ1) is 15.6. The number of hydrogen-bond donors (Lipinski definition) is 2. The molecular weight excluding hydrogens is 309 g/mol. The Morgan fingerprint density at radius 3 is 2.86 bits per heavy atom. The van der Waals surface area contributed by atoms with Gasteiger partial charge in [-0.15, -0.1) is 0 Å². The van der Waals surface area contributed by atoms with E-state index in [1.165, 1.54) is 0 Å². The van der Waals surface area contributed by atoms with Gasteiger partial charge in [0.2, 0.25) is 0 Å². The Balaban J connectivity index is 2.15. The fourth-order valence-corrected chi connectivity index (χ4v) is 2.07. The van der Waals surface area contributed by atoms with Crippen molar-refractivity contribution in [2.24, 2.45) is 0 Å². The number of nitrogens with zero attached hydrogens (tertiary/aromatic N) is 1. The summed E-state index contributed by atoms with van der Waals surface area (Å²) in [6.45, 7) is 2.91. The molecule has 0 aliphatic heterocycles. The summed E-state index contributed by atoms with van der Waals surface area (Å²) < 4.78 is 0. The van der Waals surface area contributed by atoms with Crippen LogP contribution in [0.2, 0.25) is 10.0 Å². The van der Waals surface area contributed by atoms with Gasteiger partial charge in [-0.25, -0.2) is 0 Å². The lowest BCUT2D eigenvalue weighted by Gasteiger charge is -2.09. The number of carbonyl (C=O) groups is 1. The van der Waals surface area contributed by atoms with Crippen LogP contribution in [0.25, 0.3) is 0 Å². The van der Waals surface area contributed by atoms with Crippen LogP contribution in [0, 0.1) is 0 Å². The van der Waals surface area contributed by atoms with Gasteiger partial charge in [-0.3, -0.25) is 9.78 Å². The first-order chi connectivity index (χ1) is 10.1. The van der Waals surface area contributed by atoms with E-state index in [9.17, 15) is 4.79 Å². The second kappa shape index (κ2) is 7.29. The van der Waals surface area contributed by atoms with Gasteiger partial charge >= 0.3 is 0 Å². The molecular formula is C15H15Cl2N3O. The molecule has 2 N–H and O–H groups in total. The summed E-state index contributed by atoms with van der Waals surface area (Å²) in [6, 6.07) is 8.58. The van der Waals surface area contributed by atoms with E-state index in [0.717, 1.165) is 18.7 Å². The van der Waals surface area contributed by atoms with Crippen LogP contribution in [0.15, 0.2) is 36.5 Å². The van der Waals surface area contributed by atoms with Crippen molar-refractivity contribution in [1.82, 2.24) is 4.98 Å². The third-order valence-corrected chi connectivity index (χ3v) is 3.59. The average molecular weight is 324 g/mol. The van der Waals surface area contributed by atoms with Crippen LogP contribution in [0.5, 0.6) is 0 Å². The lowest BCUT2D eigenvalue weighted by atomic mass is 10.2. The molecule has 0 bridgehead atoms. The SMILES string of the molecule is CCCNc1ccnc(C(=O)Nc2cccc(Cl)c2Cl)c1. The molecule has 1 heterocycles. The predicted octanol–water partition coefficient (Wildman–Crippen LogP) is 4.46. The van der Waals surface area contributed by atoms with E-state index in [1.807, 2.05) is 6.07 Å². The van der Waals surface area contributed by atoms with Gasteiger partial charge in [-0.2, -0.15) is 0 Å². The van der Waals surface area contributed by atoms with E-state index in [0.29, 0.717) is 21.4 Å². The number of aromatic nitrogens is 1. The van der Waals surface area contributed by atoms with Crippen LogP contribution in [0.1, 0.15) is 23.8 Å². The minimum atomic E-state index is -0.334. The van der Waals surface area contributed by atoms with Gasteiger partial charge in [0.25, 0.3) is 5.91 Å². The Kier molecular flexibility index (Phi) is 5.42. The van der Waals surface area contributed by atoms with Crippen molar-refractivity contribution in [3.05, 3.63) is 52.3 Å². The Labute approximate surface area is 133 Å². The van der Waals surface area contributed by atoms with Gasteiger partial charge < -0.3 is 10.6 Å². The van der Waals surface area contributed by atoms with Gasteiger partial charge in [0, 0.05) is 18.4 Å². The maximum absolute atomic E-state index is 12.2. The summed E-state index contributed by atoms with van der Waals surface area (Å²) in [7, 11) is 0. The number of rotatable bonds is 5. The van der Waals surface area contributed by atoms with Crippen LogP contribution in [0.3, 0.4) is 0 Å². The van der Waals surface area contributed by atoms with Crippen LogP contribution >= 0.6 is 23.2 Å². The normalized spacial score (nSPS) is 10.2. The highest BCUT2D eigenvalue weighted by Crippen LogP contribution is 2.29. The Hall–Kier alpha value is -1.78. The number of nitrogens with one attached hydrogen (secondary N) is 2. The summed E-state index contributed by atoms with van der Waals surface area (Å²) in [5.41, 5.74) is 1.63. The summed E-state index contributed by atoms with van der Waals surface area (Å²) in [4.78, 5) is 16.3. The topological polar surface area (TPSA) is 54.0 Å². The lowest BCUT2D eigenvalue weighted by Crippen LogP contribution is -2.14. The molecule has 21 heavy (non-hydrogen) atoms. The fourth-order valence-electron chi connectivity index (χ4n) is 1.72. The number of carbonyl (C=O) groups excluding carboxylic acids is 1.